The first-order valence-electron chi connectivity index (χ1n) is 3.18. The Morgan fingerprint density at radius 3 is 1.57 bits per heavy atom. The standard InChI is InChI=1S/C8H6O4.2Na/c9-7(10)5-2-1-3-6(4-5)8(11)12;;/h1-4H,(H,9,10)(H,11,12);;. The van der Waals surface area contributed by atoms with Crippen LogP contribution in [0.2, 0.25) is 0 Å². The van der Waals surface area contributed by atoms with Gasteiger partial charge in [0.1, 0.15) is 0 Å². The van der Waals surface area contributed by atoms with Gasteiger partial charge >= 0.3 is 11.9 Å². The molecule has 0 unspecified atom stereocenters. The van der Waals surface area contributed by atoms with Crippen molar-refractivity contribution in [1.82, 2.24) is 0 Å². The molecule has 1 rings (SSSR count). The van der Waals surface area contributed by atoms with Crippen LogP contribution < -0.4 is 0 Å². The molecule has 2 N–H and O–H groups in total. The minimum absolute atomic E-state index is 0. The molecule has 0 aliphatic rings. The van der Waals surface area contributed by atoms with Crippen LogP contribution in [-0.2, 0) is 0 Å². The van der Waals surface area contributed by atoms with Gasteiger partial charge in [-0.05, 0) is 18.2 Å². The Hall–Kier alpha value is 0.160. The van der Waals surface area contributed by atoms with E-state index in [9.17, 15) is 9.59 Å². The van der Waals surface area contributed by atoms with Gasteiger partial charge in [-0.25, -0.2) is 9.59 Å². The first kappa shape index (κ1) is 16.6. The smallest absolute Gasteiger partial charge is 0.335 e. The van der Waals surface area contributed by atoms with Crippen LogP contribution >= 0.6 is 0 Å². The Morgan fingerprint density at radius 2 is 1.29 bits per heavy atom. The Labute approximate surface area is 125 Å². The summed E-state index contributed by atoms with van der Waals surface area (Å²) in [7, 11) is 0. The van der Waals surface area contributed by atoms with Gasteiger partial charge in [0.15, 0.2) is 0 Å². The van der Waals surface area contributed by atoms with Crippen LogP contribution in [0.25, 0.3) is 0 Å². The quantitative estimate of drug-likeness (QED) is 0.692. The molecule has 1 aromatic carbocycles. The minimum atomic E-state index is -1.13. The number of carboxylic acids is 2. The van der Waals surface area contributed by atoms with Gasteiger partial charge in [-0.2, -0.15) is 0 Å². The second kappa shape index (κ2) is 7.45. The molecular weight excluding hydrogens is 206 g/mol. The van der Waals surface area contributed by atoms with Crippen LogP contribution in [-0.4, -0.2) is 81.3 Å². The molecule has 0 amide bonds. The van der Waals surface area contributed by atoms with Crippen molar-refractivity contribution in [3.8, 4) is 0 Å². The van der Waals surface area contributed by atoms with Crippen molar-refractivity contribution in [2.24, 2.45) is 0 Å². The number of carboxylic acid groups (broad SMARTS) is 2. The predicted molar refractivity (Wildman–Crippen MR) is 51.9 cm³/mol. The molecule has 0 saturated carbocycles. The number of hydrogen-bond acceptors (Lipinski definition) is 2. The van der Waals surface area contributed by atoms with E-state index in [4.69, 9.17) is 10.2 Å². The largest absolute Gasteiger partial charge is 0.478 e. The summed E-state index contributed by atoms with van der Waals surface area (Å²) in [5.74, 6) is -2.25. The molecule has 0 spiro atoms. The molecule has 0 heterocycles. The number of benzene rings is 1. The molecule has 2 radical (unpaired) electrons. The van der Waals surface area contributed by atoms with Crippen molar-refractivity contribution in [3.05, 3.63) is 35.4 Å². The van der Waals surface area contributed by atoms with Crippen molar-refractivity contribution < 1.29 is 19.8 Å². The minimum Gasteiger partial charge on any atom is -0.478 e. The zero-order valence-corrected chi connectivity index (χ0v) is 12.0. The Kier molecular flexibility index (Phi) is 8.83. The first-order chi connectivity index (χ1) is 5.61. The maximum atomic E-state index is 10.4. The van der Waals surface area contributed by atoms with Crippen LogP contribution in [0, 0.1) is 0 Å². The average Bonchev–Trinajstić information content (AvgIpc) is 2.04. The van der Waals surface area contributed by atoms with E-state index in [0.717, 1.165) is 6.07 Å². The Bertz CT molecular complexity index is 309. The fraction of sp³-hybridized carbons (Fsp3) is 0. The van der Waals surface area contributed by atoms with Gasteiger partial charge in [0.05, 0.1) is 11.1 Å². The zero-order chi connectivity index (χ0) is 9.14. The number of hydrogen-bond donors (Lipinski definition) is 2. The normalized spacial score (nSPS) is 8.00. The second-order valence-electron chi connectivity index (χ2n) is 2.19. The molecule has 0 saturated heterocycles. The third-order valence-electron chi connectivity index (χ3n) is 1.36. The van der Waals surface area contributed by atoms with Crippen LogP contribution in [0.3, 0.4) is 0 Å². The molecule has 1 aromatic rings. The zero-order valence-electron chi connectivity index (χ0n) is 8.02. The van der Waals surface area contributed by atoms with Gasteiger partial charge in [0.25, 0.3) is 0 Å². The third-order valence-corrected chi connectivity index (χ3v) is 1.36. The SMILES string of the molecule is O=C(O)c1cccc(C(=O)O)c1.[Na].[Na]. The van der Waals surface area contributed by atoms with Crippen LogP contribution in [0.4, 0.5) is 0 Å². The molecule has 0 atom stereocenters. The van der Waals surface area contributed by atoms with Gasteiger partial charge in [-0.1, -0.05) is 6.07 Å². The van der Waals surface area contributed by atoms with E-state index < -0.39 is 11.9 Å². The molecule has 14 heavy (non-hydrogen) atoms. The Balaban J connectivity index is 0. The molecule has 6 heteroatoms. The second-order valence-corrected chi connectivity index (χ2v) is 2.19. The molecule has 64 valence electrons. The van der Waals surface area contributed by atoms with Gasteiger partial charge < -0.3 is 10.2 Å². The predicted octanol–water partition coefficient (Wildman–Crippen LogP) is 0.321. The van der Waals surface area contributed by atoms with Gasteiger partial charge in [-0.3, -0.25) is 0 Å². The maximum absolute atomic E-state index is 10.4. The van der Waals surface area contributed by atoms with E-state index in [1.807, 2.05) is 0 Å². The van der Waals surface area contributed by atoms with Gasteiger partial charge in [0.2, 0.25) is 0 Å². The topological polar surface area (TPSA) is 74.6 Å². The van der Waals surface area contributed by atoms with Crippen molar-refractivity contribution in [2.75, 3.05) is 0 Å². The van der Waals surface area contributed by atoms with Crippen LogP contribution in [0.5, 0.6) is 0 Å². The Morgan fingerprint density at radius 1 is 0.929 bits per heavy atom. The summed E-state index contributed by atoms with van der Waals surface area (Å²) in [6.07, 6.45) is 0. The number of carbonyl (C=O) groups is 2. The monoisotopic (exact) mass is 212 g/mol. The number of aromatic carboxylic acids is 2. The van der Waals surface area contributed by atoms with E-state index in [-0.39, 0.29) is 70.2 Å². The van der Waals surface area contributed by atoms with E-state index >= 15 is 0 Å². The summed E-state index contributed by atoms with van der Waals surface area (Å²) in [4.78, 5) is 20.8. The molecule has 4 nitrogen and oxygen atoms in total. The van der Waals surface area contributed by atoms with E-state index in [0.29, 0.717) is 0 Å². The molecule has 0 aliphatic heterocycles. The summed E-state index contributed by atoms with van der Waals surface area (Å²) in [6.45, 7) is 0. The summed E-state index contributed by atoms with van der Waals surface area (Å²) < 4.78 is 0. The maximum Gasteiger partial charge on any atom is 0.335 e. The molecule has 0 fully saturated rings. The van der Waals surface area contributed by atoms with Gasteiger partial charge in [0, 0.05) is 59.1 Å². The van der Waals surface area contributed by atoms with E-state index in [2.05, 4.69) is 0 Å². The van der Waals surface area contributed by atoms with Gasteiger partial charge in [-0.15, -0.1) is 0 Å². The molecule has 0 aromatic heterocycles. The van der Waals surface area contributed by atoms with E-state index in [1.54, 1.807) is 0 Å². The molecule has 0 bridgehead atoms. The van der Waals surface area contributed by atoms with Crippen molar-refractivity contribution >= 4 is 71.1 Å². The first-order valence-corrected chi connectivity index (χ1v) is 3.18. The third kappa shape index (κ3) is 4.59. The summed E-state index contributed by atoms with van der Waals surface area (Å²) in [5.41, 5.74) is -0.0372. The van der Waals surface area contributed by atoms with E-state index in [1.165, 1.54) is 18.2 Å². The summed E-state index contributed by atoms with van der Waals surface area (Å²) in [5, 5.41) is 17.0. The van der Waals surface area contributed by atoms with Crippen LogP contribution in [0.1, 0.15) is 20.7 Å². The van der Waals surface area contributed by atoms with Crippen molar-refractivity contribution in [3.63, 3.8) is 0 Å². The number of rotatable bonds is 2. The molecule has 0 aliphatic carbocycles. The summed E-state index contributed by atoms with van der Waals surface area (Å²) in [6, 6.07) is 5.20. The fourth-order valence-corrected chi connectivity index (χ4v) is 0.785. The van der Waals surface area contributed by atoms with Crippen LogP contribution in [0.15, 0.2) is 24.3 Å². The summed E-state index contributed by atoms with van der Waals surface area (Å²) >= 11 is 0. The van der Waals surface area contributed by atoms with Crippen molar-refractivity contribution in [1.29, 1.82) is 0 Å². The van der Waals surface area contributed by atoms with Crippen molar-refractivity contribution in [2.45, 2.75) is 0 Å². The average molecular weight is 212 g/mol. The molecular formula is C8H6Na2O4. The fourth-order valence-electron chi connectivity index (χ4n) is 0.785.